The van der Waals surface area contributed by atoms with E-state index in [1.54, 1.807) is 0 Å². The molecule has 1 spiro atoms. The Bertz CT molecular complexity index is 631. The van der Waals surface area contributed by atoms with E-state index >= 15 is 0 Å². The SMILES string of the molecule is CC(=O)N[C@H]1C[C@H]2OC3(CCCCC3)O[C@H]2[C@H]1OS(=O)(=O)C(F)(F)F. The summed E-state index contributed by atoms with van der Waals surface area (Å²) >= 11 is 0. The van der Waals surface area contributed by atoms with Crippen LogP contribution in [-0.2, 0) is 28.6 Å². The largest absolute Gasteiger partial charge is 0.523 e. The second-order valence-corrected chi connectivity index (χ2v) is 8.28. The average Bonchev–Trinajstić information content (AvgIpc) is 2.94. The second-order valence-electron chi connectivity index (χ2n) is 6.71. The van der Waals surface area contributed by atoms with Gasteiger partial charge in [0, 0.05) is 19.8 Å². The van der Waals surface area contributed by atoms with Crippen molar-refractivity contribution in [2.75, 3.05) is 0 Å². The third kappa shape index (κ3) is 3.64. The highest BCUT2D eigenvalue weighted by Crippen LogP contribution is 2.47. The van der Waals surface area contributed by atoms with Crippen molar-refractivity contribution in [1.29, 1.82) is 0 Å². The van der Waals surface area contributed by atoms with E-state index in [-0.39, 0.29) is 6.42 Å². The molecule has 3 rings (SSSR count). The van der Waals surface area contributed by atoms with Crippen molar-refractivity contribution < 1.29 is 40.0 Å². The number of halogens is 3. The van der Waals surface area contributed by atoms with Crippen LogP contribution in [0.5, 0.6) is 0 Å². The first kappa shape index (κ1) is 18.9. The maximum Gasteiger partial charge on any atom is 0.523 e. The summed E-state index contributed by atoms with van der Waals surface area (Å²) in [5.74, 6) is -1.39. The van der Waals surface area contributed by atoms with E-state index in [1.165, 1.54) is 6.92 Å². The molecule has 144 valence electrons. The van der Waals surface area contributed by atoms with Gasteiger partial charge in [-0.25, -0.2) is 0 Å². The summed E-state index contributed by atoms with van der Waals surface area (Å²) in [6, 6.07) is -0.939. The average molecular weight is 387 g/mol. The summed E-state index contributed by atoms with van der Waals surface area (Å²) in [6.07, 6.45) is 0.983. The van der Waals surface area contributed by atoms with E-state index in [1.807, 2.05) is 0 Å². The van der Waals surface area contributed by atoms with Crippen LogP contribution < -0.4 is 5.32 Å². The highest BCUT2D eigenvalue weighted by molar-refractivity contribution is 7.87. The third-order valence-electron chi connectivity index (χ3n) is 4.82. The van der Waals surface area contributed by atoms with Crippen LogP contribution in [0.1, 0.15) is 45.4 Å². The Morgan fingerprint density at radius 2 is 1.84 bits per heavy atom. The fraction of sp³-hybridized carbons (Fsp3) is 0.929. The van der Waals surface area contributed by atoms with Crippen molar-refractivity contribution in [1.82, 2.24) is 5.32 Å². The van der Waals surface area contributed by atoms with Gasteiger partial charge in [0.15, 0.2) is 5.79 Å². The van der Waals surface area contributed by atoms with Crippen molar-refractivity contribution in [2.24, 2.45) is 0 Å². The van der Waals surface area contributed by atoms with Gasteiger partial charge in [-0.2, -0.15) is 21.6 Å². The molecule has 4 atom stereocenters. The Kier molecular flexibility index (Phi) is 4.80. The van der Waals surface area contributed by atoms with Crippen LogP contribution in [0.4, 0.5) is 13.2 Å². The number of carbonyl (C=O) groups is 1. The molecular formula is C14H20F3NO6S. The molecule has 0 aromatic heterocycles. The van der Waals surface area contributed by atoms with Gasteiger partial charge in [-0.15, -0.1) is 0 Å². The number of alkyl halides is 3. The van der Waals surface area contributed by atoms with Gasteiger partial charge in [-0.1, -0.05) is 6.42 Å². The first-order valence-electron chi connectivity index (χ1n) is 8.15. The van der Waals surface area contributed by atoms with Crippen LogP contribution in [0, 0.1) is 0 Å². The number of amides is 1. The molecule has 0 bridgehead atoms. The van der Waals surface area contributed by atoms with Gasteiger partial charge >= 0.3 is 15.6 Å². The summed E-state index contributed by atoms with van der Waals surface area (Å²) in [6.45, 7) is 1.19. The van der Waals surface area contributed by atoms with Gasteiger partial charge in [0.1, 0.15) is 12.2 Å². The minimum absolute atomic E-state index is 0.129. The van der Waals surface area contributed by atoms with E-state index < -0.39 is 51.7 Å². The number of carbonyl (C=O) groups excluding carboxylic acids is 1. The first-order chi connectivity index (χ1) is 11.5. The minimum Gasteiger partial charge on any atom is -0.351 e. The van der Waals surface area contributed by atoms with E-state index in [9.17, 15) is 26.4 Å². The summed E-state index contributed by atoms with van der Waals surface area (Å²) in [5.41, 5.74) is -5.55. The Labute approximate surface area is 143 Å². The predicted molar refractivity (Wildman–Crippen MR) is 77.6 cm³/mol. The number of rotatable bonds is 3. The Balaban J connectivity index is 1.82. The number of ether oxygens (including phenoxy) is 2. The molecule has 11 heteroatoms. The summed E-state index contributed by atoms with van der Waals surface area (Å²) in [7, 11) is -5.82. The van der Waals surface area contributed by atoms with Gasteiger partial charge in [-0.3, -0.25) is 8.98 Å². The lowest BCUT2D eigenvalue weighted by atomic mass is 9.94. The Hall–Kier alpha value is -0.910. The van der Waals surface area contributed by atoms with Gasteiger partial charge in [0.25, 0.3) is 0 Å². The van der Waals surface area contributed by atoms with Crippen LogP contribution in [-0.4, -0.2) is 50.0 Å². The van der Waals surface area contributed by atoms with Gasteiger partial charge in [0.2, 0.25) is 5.91 Å². The normalized spacial score (nSPS) is 34.9. The van der Waals surface area contributed by atoms with Crippen molar-refractivity contribution >= 4 is 16.0 Å². The zero-order chi connectivity index (χ0) is 18.5. The van der Waals surface area contributed by atoms with E-state index in [2.05, 4.69) is 9.50 Å². The molecular weight excluding hydrogens is 367 g/mol. The van der Waals surface area contributed by atoms with Crippen LogP contribution in [0.15, 0.2) is 0 Å². The molecule has 0 aromatic rings. The van der Waals surface area contributed by atoms with E-state index in [4.69, 9.17) is 9.47 Å². The van der Waals surface area contributed by atoms with Gasteiger partial charge in [-0.05, 0) is 19.3 Å². The van der Waals surface area contributed by atoms with E-state index in [0.717, 1.165) is 19.3 Å². The van der Waals surface area contributed by atoms with Crippen LogP contribution in [0.25, 0.3) is 0 Å². The van der Waals surface area contributed by atoms with Crippen molar-refractivity contribution in [2.45, 2.75) is 81.1 Å². The molecule has 3 aliphatic rings. The standard InChI is InChI=1S/C14H20F3NO6S/c1-8(19)18-9-7-10-12(11(9)24-25(20,21)14(15,16)17)23-13(22-10)5-3-2-4-6-13/h9-12H,2-7H2,1H3,(H,18,19)/t9-,10+,11-,12+/m0/s1. The molecule has 0 unspecified atom stereocenters. The van der Waals surface area contributed by atoms with Gasteiger partial charge in [0.05, 0.1) is 12.1 Å². The molecule has 0 aromatic carbocycles. The van der Waals surface area contributed by atoms with Crippen molar-refractivity contribution in [3.63, 3.8) is 0 Å². The summed E-state index contributed by atoms with van der Waals surface area (Å²) in [5, 5.41) is 2.43. The lowest BCUT2D eigenvalue weighted by Crippen LogP contribution is -2.48. The summed E-state index contributed by atoms with van der Waals surface area (Å²) < 4.78 is 77.2. The smallest absolute Gasteiger partial charge is 0.351 e. The molecule has 1 saturated heterocycles. The lowest BCUT2D eigenvalue weighted by Gasteiger charge is -2.34. The quantitative estimate of drug-likeness (QED) is 0.584. The van der Waals surface area contributed by atoms with Gasteiger partial charge < -0.3 is 14.8 Å². The van der Waals surface area contributed by atoms with Crippen LogP contribution in [0.3, 0.4) is 0 Å². The molecule has 2 saturated carbocycles. The highest BCUT2D eigenvalue weighted by Gasteiger charge is 2.60. The predicted octanol–water partition coefficient (Wildman–Crippen LogP) is 1.57. The monoisotopic (exact) mass is 387 g/mol. The molecule has 3 fully saturated rings. The highest BCUT2D eigenvalue weighted by atomic mass is 32.2. The summed E-state index contributed by atoms with van der Waals surface area (Å²) in [4.78, 5) is 11.3. The fourth-order valence-corrected chi connectivity index (χ4v) is 4.47. The maximum absolute atomic E-state index is 12.7. The molecule has 2 aliphatic carbocycles. The van der Waals surface area contributed by atoms with Crippen molar-refractivity contribution in [3.05, 3.63) is 0 Å². The lowest BCUT2D eigenvalue weighted by molar-refractivity contribution is -0.206. The number of fused-ring (bicyclic) bond motifs is 1. The van der Waals surface area contributed by atoms with Crippen LogP contribution in [0.2, 0.25) is 0 Å². The maximum atomic E-state index is 12.7. The second kappa shape index (κ2) is 6.36. The molecule has 0 radical (unpaired) electrons. The fourth-order valence-electron chi connectivity index (χ4n) is 3.82. The molecule has 1 aliphatic heterocycles. The zero-order valence-electron chi connectivity index (χ0n) is 13.5. The first-order valence-corrected chi connectivity index (χ1v) is 9.56. The minimum atomic E-state index is -5.82. The molecule has 7 nitrogen and oxygen atoms in total. The number of hydrogen-bond acceptors (Lipinski definition) is 6. The number of nitrogens with one attached hydrogen (secondary N) is 1. The Morgan fingerprint density at radius 3 is 2.40 bits per heavy atom. The zero-order valence-corrected chi connectivity index (χ0v) is 14.4. The molecule has 1 N–H and O–H groups in total. The molecule has 25 heavy (non-hydrogen) atoms. The third-order valence-corrected chi connectivity index (χ3v) is 5.86. The van der Waals surface area contributed by atoms with E-state index in [0.29, 0.717) is 12.8 Å². The topological polar surface area (TPSA) is 90.9 Å². The Morgan fingerprint density at radius 1 is 1.20 bits per heavy atom. The number of hydrogen-bond donors (Lipinski definition) is 1. The van der Waals surface area contributed by atoms with Crippen LogP contribution >= 0.6 is 0 Å². The van der Waals surface area contributed by atoms with Crippen molar-refractivity contribution in [3.8, 4) is 0 Å². The molecule has 1 heterocycles. The molecule has 1 amide bonds.